The zero-order valence-corrected chi connectivity index (χ0v) is 9.78. The standard InChI is InChI=1S/C12H24N2O/c1-2-14(7-10-3-4-10)8-12(9-15)13-11-5-6-11/h10-13,15H,2-9H2,1H3. The minimum Gasteiger partial charge on any atom is -0.395 e. The average Bonchev–Trinajstić information content (AvgIpc) is 3.10. The van der Waals surface area contributed by atoms with Gasteiger partial charge >= 0.3 is 0 Å². The summed E-state index contributed by atoms with van der Waals surface area (Å²) in [5, 5.41) is 12.8. The van der Waals surface area contributed by atoms with Crippen molar-refractivity contribution in [2.75, 3.05) is 26.2 Å². The van der Waals surface area contributed by atoms with Crippen molar-refractivity contribution in [1.82, 2.24) is 10.2 Å². The molecule has 2 aliphatic rings. The van der Waals surface area contributed by atoms with E-state index in [9.17, 15) is 5.11 Å². The number of rotatable bonds is 8. The molecule has 0 aromatic heterocycles. The predicted octanol–water partition coefficient (Wildman–Crippen LogP) is 0.831. The van der Waals surface area contributed by atoms with Gasteiger partial charge in [-0.05, 0) is 38.1 Å². The van der Waals surface area contributed by atoms with Crippen molar-refractivity contribution in [1.29, 1.82) is 0 Å². The summed E-state index contributed by atoms with van der Waals surface area (Å²) in [4.78, 5) is 2.48. The van der Waals surface area contributed by atoms with Gasteiger partial charge in [-0.15, -0.1) is 0 Å². The van der Waals surface area contributed by atoms with Crippen molar-refractivity contribution in [2.45, 2.75) is 44.7 Å². The van der Waals surface area contributed by atoms with Crippen LogP contribution in [0.15, 0.2) is 0 Å². The Kier molecular flexibility index (Phi) is 4.00. The van der Waals surface area contributed by atoms with Crippen LogP contribution in [0.5, 0.6) is 0 Å². The molecule has 2 N–H and O–H groups in total. The Morgan fingerprint density at radius 1 is 1.33 bits per heavy atom. The van der Waals surface area contributed by atoms with Gasteiger partial charge in [0.05, 0.1) is 6.61 Å². The number of likely N-dealkylation sites (N-methyl/N-ethyl adjacent to an activating group) is 1. The van der Waals surface area contributed by atoms with E-state index in [4.69, 9.17) is 0 Å². The fraction of sp³-hybridized carbons (Fsp3) is 1.00. The Balaban J connectivity index is 1.68. The Morgan fingerprint density at radius 3 is 2.53 bits per heavy atom. The maximum atomic E-state index is 9.31. The van der Waals surface area contributed by atoms with Crippen molar-refractivity contribution < 1.29 is 5.11 Å². The van der Waals surface area contributed by atoms with Gasteiger partial charge < -0.3 is 15.3 Å². The molecule has 2 aliphatic carbocycles. The molecule has 0 radical (unpaired) electrons. The van der Waals surface area contributed by atoms with E-state index in [1.807, 2.05) is 0 Å². The molecule has 15 heavy (non-hydrogen) atoms. The molecule has 0 aromatic rings. The molecule has 0 spiro atoms. The van der Waals surface area contributed by atoms with Gasteiger partial charge in [0.1, 0.15) is 0 Å². The zero-order valence-electron chi connectivity index (χ0n) is 9.78. The van der Waals surface area contributed by atoms with E-state index in [0.29, 0.717) is 6.04 Å². The van der Waals surface area contributed by atoms with E-state index in [-0.39, 0.29) is 12.6 Å². The topological polar surface area (TPSA) is 35.5 Å². The highest BCUT2D eigenvalue weighted by molar-refractivity contribution is 4.86. The summed E-state index contributed by atoms with van der Waals surface area (Å²) in [6, 6.07) is 0.984. The maximum absolute atomic E-state index is 9.31. The summed E-state index contributed by atoms with van der Waals surface area (Å²) in [7, 11) is 0. The first-order valence-corrected chi connectivity index (χ1v) is 6.41. The van der Waals surface area contributed by atoms with Gasteiger partial charge in [0.2, 0.25) is 0 Å². The molecule has 2 saturated carbocycles. The molecule has 3 nitrogen and oxygen atoms in total. The third-order valence-electron chi connectivity index (χ3n) is 3.41. The van der Waals surface area contributed by atoms with Crippen molar-refractivity contribution in [3.05, 3.63) is 0 Å². The summed E-state index contributed by atoms with van der Waals surface area (Å²) in [6.45, 7) is 5.85. The zero-order chi connectivity index (χ0) is 10.7. The van der Waals surface area contributed by atoms with E-state index < -0.39 is 0 Å². The van der Waals surface area contributed by atoms with Crippen LogP contribution < -0.4 is 5.32 Å². The fourth-order valence-electron chi connectivity index (χ4n) is 2.06. The molecule has 1 atom stereocenters. The van der Waals surface area contributed by atoms with E-state index in [1.165, 1.54) is 32.2 Å². The van der Waals surface area contributed by atoms with Crippen molar-refractivity contribution >= 4 is 0 Å². The largest absolute Gasteiger partial charge is 0.395 e. The van der Waals surface area contributed by atoms with Gasteiger partial charge in [-0.2, -0.15) is 0 Å². The van der Waals surface area contributed by atoms with Gasteiger partial charge in [0.25, 0.3) is 0 Å². The first kappa shape index (κ1) is 11.4. The van der Waals surface area contributed by atoms with E-state index in [0.717, 1.165) is 19.0 Å². The molecule has 0 aromatic carbocycles. The lowest BCUT2D eigenvalue weighted by Crippen LogP contribution is -2.44. The maximum Gasteiger partial charge on any atom is 0.0597 e. The predicted molar refractivity (Wildman–Crippen MR) is 61.9 cm³/mol. The number of nitrogens with zero attached hydrogens (tertiary/aromatic N) is 1. The first-order valence-electron chi connectivity index (χ1n) is 6.41. The normalized spacial score (nSPS) is 23.4. The molecule has 2 rings (SSSR count). The van der Waals surface area contributed by atoms with Crippen molar-refractivity contribution in [2.24, 2.45) is 5.92 Å². The number of aliphatic hydroxyl groups is 1. The summed E-state index contributed by atoms with van der Waals surface area (Å²) in [5.74, 6) is 0.949. The van der Waals surface area contributed by atoms with Gasteiger partial charge in [-0.3, -0.25) is 0 Å². The lowest BCUT2D eigenvalue weighted by Gasteiger charge is -2.26. The second-order valence-electron chi connectivity index (χ2n) is 5.12. The summed E-state index contributed by atoms with van der Waals surface area (Å²) in [5.41, 5.74) is 0. The lowest BCUT2D eigenvalue weighted by atomic mass is 10.2. The van der Waals surface area contributed by atoms with Crippen LogP contribution in [0.1, 0.15) is 32.6 Å². The molecule has 1 unspecified atom stereocenters. The summed E-state index contributed by atoms with van der Waals surface area (Å²) in [6.07, 6.45) is 5.42. The lowest BCUT2D eigenvalue weighted by molar-refractivity contribution is 0.180. The molecule has 0 bridgehead atoms. The number of hydrogen-bond donors (Lipinski definition) is 2. The summed E-state index contributed by atoms with van der Waals surface area (Å²) >= 11 is 0. The SMILES string of the molecule is CCN(CC1CC1)CC(CO)NC1CC1. The highest BCUT2D eigenvalue weighted by atomic mass is 16.3. The molecule has 3 heteroatoms. The van der Waals surface area contributed by atoms with Crippen molar-refractivity contribution in [3.63, 3.8) is 0 Å². The van der Waals surface area contributed by atoms with Crippen LogP contribution in [0.4, 0.5) is 0 Å². The first-order chi connectivity index (χ1) is 7.31. The minimum atomic E-state index is 0.275. The fourth-order valence-corrected chi connectivity index (χ4v) is 2.06. The Bertz CT molecular complexity index is 170. The molecule has 88 valence electrons. The minimum absolute atomic E-state index is 0.275. The number of aliphatic hydroxyl groups excluding tert-OH is 1. The Hall–Kier alpha value is -0.120. The highest BCUT2D eigenvalue weighted by Gasteiger charge is 2.27. The quantitative estimate of drug-likeness (QED) is 0.625. The van der Waals surface area contributed by atoms with Crippen LogP contribution in [0.3, 0.4) is 0 Å². The van der Waals surface area contributed by atoms with Crippen LogP contribution in [-0.4, -0.2) is 48.3 Å². The van der Waals surface area contributed by atoms with Gasteiger partial charge in [0, 0.05) is 25.2 Å². The highest BCUT2D eigenvalue weighted by Crippen LogP contribution is 2.29. The third kappa shape index (κ3) is 4.09. The number of hydrogen-bond acceptors (Lipinski definition) is 3. The summed E-state index contributed by atoms with van der Waals surface area (Å²) < 4.78 is 0. The molecule has 0 aliphatic heterocycles. The van der Waals surface area contributed by atoms with Crippen LogP contribution in [0, 0.1) is 5.92 Å². The Labute approximate surface area is 92.8 Å². The Morgan fingerprint density at radius 2 is 2.07 bits per heavy atom. The molecule has 0 amide bonds. The number of nitrogens with one attached hydrogen (secondary N) is 1. The van der Waals surface area contributed by atoms with E-state index in [1.54, 1.807) is 0 Å². The molecule has 0 heterocycles. The molecule has 0 saturated heterocycles. The molecular weight excluding hydrogens is 188 g/mol. The average molecular weight is 212 g/mol. The van der Waals surface area contributed by atoms with Gasteiger partial charge in [0.15, 0.2) is 0 Å². The van der Waals surface area contributed by atoms with Gasteiger partial charge in [-0.1, -0.05) is 6.92 Å². The third-order valence-corrected chi connectivity index (χ3v) is 3.41. The van der Waals surface area contributed by atoms with Crippen LogP contribution in [0.2, 0.25) is 0 Å². The van der Waals surface area contributed by atoms with Gasteiger partial charge in [-0.25, -0.2) is 0 Å². The molecular formula is C12H24N2O. The van der Waals surface area contributed by atoms with Crippen LogP contribution in [0.25, 0.3) is 0 Å². The van der Waals surface area contributed by atoms with E-state index in [2.05, 4.69) is 17.1 Å². The van der Waals surface area contributed by atoms with Crippen LogP contribution >= 0.6 is 0 Å². The second-order valence-corrected chi connectivity index (χ2v) is 5.12. The monoisotopic (exact) mass is 212 g/mol. The van der Waals surface area contributed by atoms with Crippen molar-refractivity contribution in [3.8, 4) is 0 Å². The van der Waals surface area contributed by atoms with E-state index >= 15 is 0 Å². The van der Waals surface area contributed by atoms with Crippen LogP contribution in [-0.2, 0) is 0 Å². The second kappa shape index (κ2) is 5.28. The smallest absolute Gasteiger partial charge is 0.0597 e. The molecule has 2 fully saturated rings.